The van der Waals surface area contributed by atoms with Gasteiger partial charge in [0.1, 0.15) is 18.5 Å². The first-order valence-corrected chi connectivity index (χ1v) is 5.47. The molecule has 0 spiro atoms. The maximum absolute atomic E-state index is 9.60. The summed E-state index contributed by atoms with van der Waals surface area (Å²) in [4.78, 5) is 0. The maximum atomic E-state index is 9.60. The summed E-state index contributed by atoms with van der Waals surface area (Å²) < 4.78 is 5.41. The Morgan fingerprint density at radius 3 is 2.50 bits per heavy atom. The number of nitrogens with two attached hydrogens (primary N) is 1. The number of aliphatic hydroxyl groups excluding tert-OH is 1. The molecule has 4 N–H and O–H groups in total. The van der Waals surface area contributed by atoms with E-state index in [-0.39, 0.29) is 6.61 Å². The van der Waals surface area contributed by atoms with Gasteiger partial charge in [-0.15, -0.1) is 0 Å². The zero-order chi connectivity index (χ0) is 12.0. The van der Waals surface area contributed by atoms with Gasteiger partial charge in [-0.1, -0.05) is 13.8 Å². The van der Waals surface area contributed by atoms with E-state index < -0.39 is 6.10 Å². The molecule has 1 aromatic carbocycles. The number of anilines is 1. The van der Waals surface area contributed by atoms with Crippen LogP contribution >= 0.6 is 0 Å². The third-order valence-corrected chi connectivity index (χ3v) is 2.08. The lowest BCUT2D eigenvalue weighted by molar-refractivity contribution is 0.104. The molecular weight excluding hydrogens is 204 g/mol. The van der Waals surface area contributed by atoms with Crippen molar-refractivity contribution >= 4 is 5.69 Å². The molecule has 16 heavy (non-hydrogen) atoms. The molecule has 0 aliphatic rings. The van der Waals surface area contributed by atoms with Gasteiger partial charge in [-0.05, 0) is 24.3 Å². The predicted molar refractivity (Wildman–Crippen MR) is 65.5 cm³/mol. The Morgan fingerprint density at radius 2 is 1.94 bits per heavy atom. The molecule has 0 aliphatic heterocycles. The molecule has 0 bridgehead atoms. The number of aliphatic hydroxyl groups is 1. The van der Waals surface area contributed by atoms with E-state index in [4.69, 9.17) is 10.5 Å². The van der Waals surface area contributed by atoms with Gasteiger partial charge in [0.25, 0.3) is 0 Å². The van der Waals surface area contributed by atoms with Crippen LogP contribution in [0.2, 0.25) is 0 Å². The lowest BCUT2D eigenvalue weighted by atomic mass is 10.3. The first-order valence-electron chi connectivity index (χ1n) is 5.47. The topological polar surface area (TPSA) is 67.5 Å². The summed E-state index contributed by atoms with van der Waals surface area (Å²) in [6, 6.07) is 7.49. The molecule has 0 saturated heterocycles. The fraction of sp³-hybridized carbons (Fsp3) is 0.500. The number of rotatable bonds is 6. The second-order valence-corrected chi connectivity index (χ2v) is 4.10. The normalized spacial score (nSPS) is 12.8. The van der Waals surface area contributed by atoms with Crippen LogP contribution in [-0.4, -0.2) is 30.4 Å². The fourth-order valence-electron chi connectivity index (χ4n) is 1.19. The number of hydrogen-bond donors (Lipinski definition) is 3. The Labute approximate surface area is 96.4 Å². The summed E-state index contributed by atoms with van der Waals surface area (Å²) >= 11 is 0. The van der Waals surface area contributed by atoms with E-state index in [1.807, 2.05) is 13.8 Å². The molecule has 0 heterocycles. The number of nitrogens with one attached hydrogen (secondary N) is 1. The Morgan fingerprint density at radius 1 is 1.31 bits per heavy atom. The van der Waals surface area contributed by atoms with Crippen LogP contribution in [0.25, 0.3) is 0 Å². The van der Waals surface area contributed by atoms with Crippen LogP contribution < -0.4 is 15.8 Å². The van der Waals surface area contributed by atoms with Gasteiger partial charge in [-0.3, -0.25) is 0 Å². The van der Waals surface area contributed by atoms with Gasteiger partial charge in [-0.25, -0.2) is 0 Å². The summed E-state index contributed by atoms with van der Waals surface area (Å²) in [5.41, 5.74) is 6.25. The Bertz CT molecular complexity index is 298. The van der Waals surface area contributed by atoms with Crippen molar-refractivity contribution in [2.75, 3.05) is 18.9 Å². The van der Waals surface area contributed by atoms with Gasteiger partial charge >= 0.3 is 0 Å². The highest BCUT2D eigenvalue weighted by atomic mass is 16.5. The molecule has 0 amide bonds. The number of nitrogen functional groups attached to an aromatic ring is 1. The third-order valence-electron chi connectivity index (χ3n) is 2.08. The van der Waals surface area contributed by atoms with Crippen LogP contribution in [0.15, 0.2) is 24.3 Å². The average Bonchev–Trinajstić information content (AvgIpc) is 2.25. The van der Waals surface area contributed by atoms with E-state index in [1.165, 1.54) is 0 Å². The van der Waals surface area contributed by atoms with Gasteiger partial charge in [0.15, 0.2) is 0 Å². The highest BCUT2D eigenvalue weighted by Crippen LogP contribution is 2.13. The third kappa shape index (κ3) is 5.00. The molecule has 1 rings (SSSR count). The Kier molecular flexibility index (Phi) is 5.08. The lowest BCUT2D eigenvalue weighted by Crippen LogP contribution is -2.35. The Balaban J connectivity index is 2.26. The van der Waals surface area contributed by atoms with Crippen molar-refractivity contribution in [3.05, 3.63) is 24.3 Å². The van der Waals surface area contributed by atoms with E-state index in [0.717, 1.165) is 5.75 Å². The van der Waals surface area contributed by atoms with E-state index >= 15 is 0 Å². The molecule has 90 valence electrons. The largest absolute Gasteiger partial charge is 0.491 e. The van der Waals surface area contributed by atoms with Crippen LogP contribution in [-0.2, 0) is 0 Å². The van der Waals surface area contributed by atoms with E-state index in [9.17, 15) is 5.11 Å². The number of hydrogen-bond acceptors (Lipinski definition) is 4. The molecule has 0 unspecified atom stereocenters. The van der Waals surface area contributed by atoms with Gasteiger partial charge in [0.2, 0.25) is 0 Å². The van der Waals surface area contributed by atoms with Crippen LogP contribution in [0.1, 0.15) is 13.8 Å². The molecule has 1 aromatic rings. The molecule has 0 aliphatic carbocycles. The van der Waals surface area contributed by atoms with Gasteiger partial charge in [0, 0.05) is 18.3 Å². The minimum atomic E-state index is -0.500. The van der Waals surface area contributed by atoms with Crippen molar-refractivity contribution in [1.29, 1.82) is 0 Å². The van der Waals surface area contributed by atoms with Crippen LogP contribution in [0.5, 0.6) is 5.75 Å². The first kappa shape index (κ1) is 12.8. The summed E-state index contributed by atoms with van der Waals surface area (Å²) in [5.74, 6) is 0.720. The van der Waals surface area contributed by atoms with Crippen LogP contribution in [0.4, 0.5) is 5.69 Å². The summed E-state index contributed by atoms with van der Waals surface area (Å²) in [7, 11) is 0. The summed E-state index contributed by atoms with van der Waals surface area (Å²) in [5, 5.41) is 12.7. The minimum absolute atomic E-state index is 0.281. The first-order chi connectivity index (χ1) is 7.58. The second-order valence-electron chi connectivity index (χ2n) is 4.10. The van der Waals surface area contributed by atoms with Crippen molar-refractivity contribution in [3.63, 3.8) is 0 Å². The van der Waals surface area contributed by atoms with Gasteiger partial charge < -0.3 is 20.9 Å². The minimum Gasteiger partial charge on any atom is -0.491 e. The molecular formula is C12H20N2O2. The second kappa shape index (κ2) is 6.35. The van der Waals surface area contributed by atoms with Crippen molar-refractivity contribution in [2.24, 2.45) is 0 Å². The molecule has 0 radical (unpaired) electrons. The van der Waals surface area contributed by atoms with Crippen molar-refractivity contribution in [3.8, 4) is 5.75 Å². The predicted octanol–water partition coefficient (Wildman–Crippen LogP) is 1.01. The molecule has 4 heteroatoms. The van der Waals surface area contributed by atoms with Gasteiger partial charge in [-0.2, -0.15) is 0 Å². The highest BCUT2D eigenvalue weighted by molar-refractivity contribution is 5.41. The lowest BCUT2D eigenvalue weighted by Gasteiger charge is -2.15. The number of ether oxygens (including phenoxy) is 1. The maximum Gasteiger partial charge on any atom is 0.119 e. The van der Waals surface area contributed by atoms with Gasteiger partial charge in [0.05, 0.1) is 0 Å². The summed E-state index contributed by atoms with van der Waals surface area (Å²) in [6.07, 6.45) is -0.500. The van der Waals surface area contributed by atoms with Crippen LogP contribution in [0.3, 0.4) is 0 Å². The van der Waals surface area contributed by atoms with Crippen molar-refractivity contribution < 1.29 is 9.84 Å². The zero-order valence-corrected chi connectivity index (χ0v) is 9.81. The average molecular weight is 224 g/mol. The van der Waals surface area contributed by atoms with E-state index in [0.29, 0.717) is 18.3 Å². The van der Waals surface area contributed by atoms with E-state index in [2.05, 4.69) is 5.32 Å². The Hall–Kier alpha value is -1.26. The van der Waals surface area contributed by atoms with Crippen LogP contribution in [0, 0.1) is 0 Å². The SMILES string of the molecule is CC(C)NC[C@@H](O)COc1ccc(N)cc1. The zero-order valence-electron chi connectivity index (χ0n) is 9.81. The molecule has 4 nitrogen and oxygen atoms in total. The van der Waals surface area contributed by atoms with Crippen molar-refractivity contribution in [1.82, 2.24) is 5.32 Å². The number of benzene rings is 1. The highest BCUT2D eigenvalue weighted by Gasteiger charge is 2.05. The molecule has 0 aromatic heterocycles. The smallest absolute Gasteiger partial charge is 0.119 e. The standard InChI is InChI=1S/C12H20N2O2/c1-9(2)14-7-11(15)8-16-12-5-3-10(13)4-6-12/h3-6,9,11,14-15H,7-8,13H2,1-2H3/t11-/m1/s1. The van der Waals surface area contributed by atoms with Crippen molar-refractivity contribution in [2.45, 2.75) is 26.0 Å². The monoisotopic (exact) mass is 224 g/mol. The molecule has 0 fully saturated rings. The van der Waals surface area contributed by atoms with E-state index in [1.54, 1.807) is 24.3 Å². The quantitative estimate of drug-likeness (QED) is 0.631. The molecule has 1 atom stereocenters. The fourth-order valence-corrected chi connectivity index (χ4v) is 1.19. The summed E-state index contributed by atoms with van der Waals surface area (Å²) in [6.45, 7) is 4.89. The molecule has 0 saturated carbocycles.